The first-order valence-corrected chi connectivity index (χ1v) is 7.59. The number of nitrogens with zero attached hydrogens (tertiary/aromatic N) is 1. The Labute approximate surface area is 119 Å². The van der Waals surface area contributed by atoms with Gasteiger partial charge in [0.2, 0.25) is 0 Å². The highest BCUT2D eigenvalue weighted by atomic mass is 16.5. The molecule has 3 N–H and O–H groups in total. The van der Waals surface area contributed by atoms with Crippen molar-refractivity contribution in [3.8, 4) is 0 Å². The number of ether oxygens (including phenoxy) is 1. The summed E-state index contributed by atoms with van der Waals surface area (Å²) in [5.74, 6) is 0. The maximum Gasteiger partial charge on any atom is 0.0827 e. The maximum atomic E-state index is 6.20. The van der Waals surface area contributed by atoms with Crippen LogP contribution in [0, 0.1) is 0 Å². The summed E-state index contributed by atoms with van der Waals surface area (Å²) in [6.07, 6.45) is 0.960. The van der Waals surface area contributed by atoms with Crippen LogP contribution in [0.5, 0.6) is 0 Å². The molecule has 114 valence electrons. The zero-order chi connectivity index (χ0) is 14.7. The summed E-state index contributed by atoms with van der Waals surface area (Å²) in [6.45, 7) is 17.8. The van der Waals surface area contributed by atoms with Gasteiger partial charge in [0.05, 0.1) is 16.7 Å². The number of likely N-dealkylation sites (N-methyl/N-ethyl adjacent to an activating group) is 1. The smallest absolute Gasteiger partial charge is 0.0827 e. The van der Waals surface area contributed by atoms with Crippen molar-refractivity contribution in [1.29, 1.82) is 0 Å². The van der Waals surface area contributed by atoms with E-state index in [1.165, 1.54) is 0 Å². The molecule has 0 spiro atoms. The lowest BCUT2D eigenvalue weighted by molar-refractivity contribution is -0.0821. The van der Waals surface area contributed by atoms with E-state index in [2.05, 4.69) is 51.8 Å². The Morgan fingerprint density at radius 3 is 2.11 bits per heavy atom. The summed E-state index contributed by atoms with van der Waals surface area (Å²) >= 11 is 0. The molecule has 0 saturated carbocycles. The number of nitrogens with two attached hydrogens (primary N) is 1. The molecule has 1 atom stereocenters. The van der Waals surface area contributed by atoms with Crippen LogP contribution >= 0.6 is 0 Å². The van der Waals surface area contributed by atoms with Crippen LogP contribution in [-0.2, 0) is 4.74 Å². The van der Waals surface area contributed by atoms with E-state index < -0.39 is 0 Å². The Kier molecular flexibility index (Phi) is 5.41. The summed E-state index contributed by atoms with van der Waals surface area (Å²) in [7, 11) is 0. The third-order valence-corrected chi connectivity index (χ3v) is 4.55. The molecule has 0 aromatic rings. The summed E-state index contributed by atoms with van der Waals surface area (Å²) in [4.78, 5) is 2.42. The monoisotopic (exact) mass is 271 g/mol. The molecule has 4 nitrogen and oxygen atoms in total. The lowest BCUT2D eigenvalue weighted by atomic mass is 9.79. The molecule has 0 bridgehead atoms. The SMILES string of the molecule is CCN(CC)CCNC1(CN)CC(C)(C)OC1(C)C. The molecule has 0 aliphatic carbocycles. The highest BCUT2D eigenvalue weighted by Gasteiger charge is 2.56. The Bertz CT molecular complexity index is 287. The molecule has 1 aliphatic rings. The van der Waals surface area contributed by atoms with Gasteiger partial charge in [-0.2, -0.15) is 0 Å². The van der Waals surface area contributed by atoms with Gasteiger partial charge in [0.1, 0.15) is 0 Å². The van der Waals surface area contributed by atoms with Gasteiger partial charge in [0, 0.05) is 19.6 Å². The van der Waals surface area contributed by atoms with Crippen molar-refractivity contribution in [2.75, 3.05) is 32.7 Å². The van der Waals surface area contributed by atoms with Crippen molar-refractivity contribution >= 4 is 0 Å². The second kappa shape index (κ2) is 6.08. The van der Waals surface area contributed by atoms with Gasteiger partial charge in [-0.15, -0.1) is 0 Å². The van der Waals surface area contributed by atoms with E-state index in [9.17, 15) is 0 Å². The van der Waals surface area contributed by atoms with Crippen molar-refractivity contribution < 1.29 is 4.74 Å². The van der Waals surface area contributed by atoms with Gasteiger partial charge in [0.25, 0.3) is 0 Å². The van der Waals surface area contributed by atoms with E-state index in [1.54, 1.807) is 0 Å². The van der Waals surface area contributed by atoms with Gasteiger partial charge in [-0.05, 0) is 47.2 Å². The molecular weight excluding hydrogens is 238 g/mol. The fourth-order valence-corrected chi connectivity index (χ4v) is 3.42. The van der Waals surface area contributed by atoms with Crippen molar-refractivity contribution in [2.45, 2.75) is 64.7 Å². The van der Waals surface area contributed by atoms with E-state index in [1.807, 2.05) is 0 Å². The molecule has 0 amide bonds. The zero-order valence-electron chi connectivity index (χ0n) is 13.7. The van der Waals surface area contributed by atoms with Gasteiger partial charge in [-0.25, -0.2) is 0 Å². The summed E-state index contributed by atoms with van der Waals surface area (Å²) < 4.78 is 6.20. The molecule has 1 fully saturated rings. The lowest BCUT2D eigenvalue weighted by Crippen LogP contribution is -2.62. The minimum absolute atomic E-state index is 0.106. The largest absolute Gasteiger partial charge is 0.368 e. The van der Waals surface area contributed by atoms with E-state index in [4.69, 9.17) is 10.5 Å². The molecule has 4 heteroatoms. The van der Waals surface area contributed by atoms with E-state index >= 15 is 0 Å². The van der Waals surface area contributed by atoms with E-state index in [0.717, 1.165) is 32.6 Å². The van der Waals surface area contributed by atoms with Gasteiger partial charge < -0.3 is 20.7 Å². The Balaban J connectivity index is 2.66. The Hall–Kier alpha value is -0.160. The second-order valence-electron chi connectivity index (χ2n) is 6.79. The molecule has 1 saturated heterocycles. The number of hydrogen-bond donors (Lipinski definition) is 2. The van der Waals surface area contributed by atoms with Crippen LogP contribution in [-0.4, -0.2) is 54.4 Å². The first-order valence-electron chi connectivity index (χ1n) is 7.59. The highest BCUT2D eigenvalue weighted by Crippen LogP contribution is 2.44. The summed E-state index contributed by atoms with van der Waals surface area (Å²) in [5.41, 5.74) is 5.64. The quantitative estimate of drug-likeness (QED) is 0.738. The van der Waals surface area contributed by atoms with Crippen LogP contribution in [0.2, 0.25) is 0 Å². The van der Waals surface area contributed by atoms with Crippen LogP contribution in [0.1, 0.15) is 48.0 Å². The third kappa shape index (κ3) is 3.69. The standard InChI is InChI=1S/C15H33N3O/c1-7-18(8-2)10-9-17-15(12-16)11-13(3,4)19-14(15,5)6/h17H,7-12,16H2,1-6H3. The average molecular weight is 271 g/mol. The fourth-order valence-electron chi connectivity index (χ4n) is 3.42. The first kappa shape index (κ1) is 16.9. The zero-order valence-corrected chi connectivity index (χ0v) is 13.7. The predicted octanol–water partition coefficient (Wildman–Crippen LogP) is 1.59. The van der Waals surface area contributed by atoms with Crippen LogP contribution in [0.15, 0.2) is 0 Å². The topological polar surface area (TPSA) is 50.5 Å². The molecule has 0 aromatic carbocycles. The average Bonchev–Trinajstić information content (AvgIpc) is 2.50. The summed E-state index contributed by atoms with van der Waals surface area (Å²) in [5, 5.41) is 3.70. The third-order valence-electron chi connectivity index (χ3n) is 4.55. The van der Waals surface area contributed by atoms with Crippen LogP contribution in [0.25, 0.3) is 0 Å². The highest BCUT2D eigenvalue weighted by molar-refractivity contribution is 5.12. The van der Waals surface area contributed by atoms with Crippen molar-refractivity contribution in [2.24, 2.45) is 5.73 Å². The van der Waals surface area contributed by atoms with E-state index in [0.29, 0.717) is 6.54 Å². The minimum Gasteiger partial charge on any atom is -0.368 e. The van der Waals surface area contributed by atoms with Crippen molar-refractivity contribution in [3.05, 3.63) is 0 Å². The molecule has 1 heterocycles. The fraction of sp³-hybridized carbons (Fsp3) is 1.00. The van der Waals surface area contributed by atoms with Crippen molar-refractivity contribution in [3.63, 3.8) is 0 Å². The first-order chi connectivity index (χ1) is 8.72. The molecule has 0 aromatic heterocycles. The predicted molar refractivity (Wildman–Crippen MR) is 81.4 cm³/mol. The normalized spacial score (nSPS) is 29.1. The molecule has 1 unspecified atom stereocenters. The Morgan fingerprint density at radius 2 is 1.74 bits per heavy atom. The maximum absolute atomic E-state index is 6.20. The minimum atomic E-state index is -0.228. The molecule has 1 rings (SSSR count). The van der Waals surface area contributed by atoms with Crippen LogP contribution in [0.3, 0.4) is 0 Å². The lowest BCUT2D eigenvalue weighted by Gasteiger charge is -2.40. The molecule has 1 aliphatic heterocycles. The van der Waals surface area contributed by atoms with Crippen LogP contribution < -0.4 is 11.1 Å². The van der Waals surface area contributed by atoms with Crippen LogP contribution in [0.4, 0.5) is 0 Å². The summed E-state index contributed by atoms with van der Waals surface area (Å²) in [6, 6.07) is 0. The molecular formula is C15H33N3O. The van der Waals surface area contributed by atoms with Gasteiger partial charge >= 0.3 is 0 Å². The molecule has 0 radical (unpaired) electrons. The van der Waals surface area contributed by atoms with Gasteiger partial charge in [-0.3, -0.25) is 0 Å². The number of hydrogen-bond acceptors (Lipinski definition) is 4. The Morgan fingerprint density at radius 1 is 1.16 bits per heavy atom. The van der Waals surface area contributed by atoms with Gasteiger partial charge in [-0.1, -0.05) is 13.8 Å². The second-order valence-corrected chi connectivity index (χ2v) is 6.79. The van der Waals surface area contributed by atoms with Gasteiger partial charge in [0.15, 0.2) is 0 Å². The molecule has 19 heavy (non-hydrogen) atoms. The number of rotatable bonds is 7. The van der Waals surface area contributed by atoms with E-state index in [-0.39, 0.29) is 16.7 Å². The van der Waals surface area contributed by atoms with Crippen molar-refractivity contribution in [1.82, 2.24) is 10.2 Å². The number of nitrogens with one attached hydrogen (secondary N) is 1.